The standard InChI is InChI=1S/C16H11N3S/c1-2-9-15-14(6-1)19-16(20-15)18-13-8-3-7-12-11(13)5-4-10-17-12/h1-10H,(H,18,19). The average Bonchev–Trinajstić information content (AvgIpc) is 2.90. The summed E-state index contributed by atoms with van der Waals surface area (Å²) in [6.07, 6.45) is 1.81. The van der Waals surface area contributed by atoms with E-state index in [1.165, 1.54) is 4.70 Å². The van der Waals surface area contributed by atoms with Gasteiger partial charge in [-0.15, -0.1) is 0 Å². The molecule has 2 aromatic heterocycles. The molecule has 20 heavy (non-hydrogen) atoms. The molecule has 0 saturated carbocycles. The Labute approximate surface area is 119 Å². The summed E-state index contributed by atoms with van der Waals surface area (Å²) in [5.41, 5.74) is 3.05. The number of benzene rings is 2. The van der Waals surface area contributed by atoms with Crippen molar-refractivity contribution >= 4 is 43.3 Å². The molecule has 4 rings (SSSR count). The van der Waals surface area contributed by atoms with E-state index in [-0.39, 0.29) is 0 Å². The van der Waals surface area contributed by atoms with E-state index in [1.807, 2.05) is 42.6 Å². The van der Waals surface area contributed by atoms with Crippen LogP contribution in [0.1, 0.15) is 0 Å². The maximum Gasteiger partial charge on any atom is 0.188 e. The van der Waals surface area contributed by atoms with Crippen molar-refractivity contribution in [3.05, 3.63) is 60.8 Å². The molecule has 0 radical (unpaired) electrons. The molecule has 0 atom stereocenters. The number of nitrogens with one attached hydrogen (secondary N) is 1. The largest absolute Gasteiger partial charge is 0.331 e. The van der Waals surface area contributed by atoms with E-state index in [0.29, 0.717) is 0 Å². The number of hydrogen-bond acceptors (Lipinski definition) is 4. The van der Waals surface area contributed by atoms with Crippen LogP contribution in [0, 0.1) is 0 Å². The minimum Gasteiger partial charge on any atom is -0.331 e. The fourth-order valence-corrected chi connectivity index (χ4v) is 3.13. The Balaban J connectivity index is 1.80. The molecule has 0 unspecified atom stereocenters. The predicted molar refractivity (Wildman–Crippen MR) is 84.6 cm³/mol. The second kappa shape index (κ2) is 4.58. The molecule has 0 fully saturated rings. The summed E-state index contributed by atoms with van der Waals surface area (Å²) < 4.78 is 1.19. The third-order valence-corrected chi connectivity index (χ3v) is 4.13. The average molecular weight is 277 g/mol. The lowest BCUT2D eigenvalue weighted by molar-refractivity contribution is 1.40. The van der Waals surface area contributed by atoms with Crippen LogP contribution >= 0.6 is 11.3 Å². The fourth-order valence-electron chi connectivity index (χ4n) is 2.25. The summed E-state index contributed by atoms with van der Waals surface area (Å²) in [7, 11) is 0. The van der Waals surface area contributed by atoms with Gasteiger partial charge in [-0.25, -0.2) is 4.98 Å². The van der Waals surface area contributed by atoms with Crippen LogP contribution in [0.2, 0.25) is 0 Å². The van der Waals surface area contributed by atoms with Gasteiger partial charge in [-0.3, -0.25) is 4.98 Å². The van der Waals surface area contributed by atoms with Crippen molar-refractivity contribution in [2.45, 2.75) is 0 Å². The van der Waals surface area contributed by atoms with Gasteiger partial charge in [0.1, 0.15) is 0 Å². The molecule has 4 aromatic rings. The van der Waals surface area contributed by atoms with E-state index in [0.717, 1.165) is 27.2 Å². The highest BCUT2D eigenvalue weighted by Crippen LogP contribution is 2.30. The Morgan fingerprint density at radius 3 is 2.70 bits per heavy atom. The minimum absolute atomic E-state index is 0.905. The summed E-state index contributed by atoms with van der Waals surface area (Å²) in [6, 6.07) is 18.2. The van der Waals surface area contributed by atoms with E-state index >= 15 is 0 Å². The molecule has 4 heteroatoms. The smallest absolute Gasteiger partial charge is 0.188 e. The molecule has 0 saturated heterocycles. The lowest BCUT2D eigenvalue weighted by Gasteiger charge is -2.06. The number of nitrogens with zero attached hydrogens (tertiary/aromatic N) is 2. The van der Waals surface area contributed by atoms with Gasteiger partial charge in [-0.1, -0.05) is 29.5 Å². The number of aromatic nitrogens is 2. The summed E-state index contributed by atoms with van der Waals surface area (Å²) in [5.74, 6) is 0. The third kappa shape index (κ3) is 1.90. The Morgan fingerprint density at radius 2 is 1.75 bits per heavy atom. The second-order valence-electron chi connectivity index (χ2n) is 4.49. The Kier molecular flexibility index (Phi) is 2.60. The normalized spacial score (nSPS) is 11.0. The summed E-state index contributed by atoms with van der Waals surface area (Å²) in [4.78, 5) is 8.97. The highest BCUT2D eigenvalue weighted by Gasteiger charge is 2.05. The Bertz CT molecular complexity index is 860. The first-order chi connectivity index (χ1) is 9.90. The van der Waals surface area contributed by atoms with Gasteiger partial charge in [0, 0.05) is 17.3 Å². The van der Waals surface area contributed by atoms with E-state index in [2.05, 4.69) is 33.5 Å². The molecule has 0 spiro atoms. The molecule has 0 aliphatic carbocycles. The Hall–Kier alpha value is -2.46. The maximum absolute atomic E-state index is 4.60. The fraction of sp³-hybridized carbons (Fsp3) is 0. The zero-order chi connectivity index (χ0) is 13.4. The highest BCUT2D eigenvalue weighted by molar-refractivity contribution is 7.22. The van der Waals surface area contributed by atoms with E-state index in [9.17, 15) is 0 Å². The number of hydrogen-bond donors (Lipinski definition) is 1. The second-order valence-corrected chi connectivity index (χ2v) is 5.52. The van der Waals surface area contributed by atoms with Crippen molar-refractivity contribution in [3.63, 3.8) is 0 Å². The Morgan fingerprint density at radius 1 is 0.850 bits per heavy atom. The van der Waals surface area contributed by atoms with Gasteiger partial charge in [0.2, 0.25) is 0 Å². The van der Waals surface area contributed by atoms with Gasteiger partial charge < -0.3 is 5.32 Å². The van der Waals surface area contributed by atoms with Gasteiger partial charge >= 0.3 is 0 Å². The summed E-state index contributed by atoms with van der Waals surface area (Å²) >= 11 is 1.66. The van der Waals surface area contributed by atoms with Gasteiger partial charge in [0.05, 0.1) is 15.7 Å². The summed E-state index contributed by atoms with van der Waals surface area (Å²) in [6.45, 7) is 0. The van der Waals surface area contributed by atoms with Crippen LogP contribution in [-0.2, 0) is 0 Å². The summed E-state index contributed by atoms with van der Waals surface area (Å²) in [5, 5.41) is 5.41. The molecular formula is C16H11N3S. The molecule has 0 amide bonds. The zero-order valence-corrected chi connectivity index (χ0v) is 11.4. The van der Waals surface area contributed by atoms with Crippen LogP contribution in [0.3, 0.4) is 0 Å². The molecule has 0 bridgehead atoms. The number of rotatable bonds is 2. The SMILES string of the molecule is c1ccc2sc(Nc3cccc4ncccc34)nc2c1. The zero-order valence-electron chi connectivity index (χ0n) is 10.6. The highest BCUT2D eigenvalue weighted by atomic mass is 32.1. The van der Waals surface area contributed by atoms with Gasteiger partial charge in [-0.2, -0.15) is 0 Å². The first-order valence-corrected chi connectivity index (χ1v) is 7.18. The molecule has 96 valence electrons. The maximum atomic E-state index is 4.60. The first-order valence-electron chi connectivity index (χ1n) is 6.36. The van der Waals surface area contributed by atoms with Crippen molar-refractivity contribution in [2.24, 2.45) is 0 Å². The molecular weight excluding hydrogens is 266 g/mol. The molecule has 3 nitrogen and oxygen atoms in total. The lowest BCUT2D eigenvalue weighted by atomic mass is 10.2. The number of fused-ring (bicyclic) bond motifs is 2. The van der Waals surface area contributed by atoms with Crippen LogP contribution in [0.15, 0.2) is 60.8 Å². The van der Waals surface area contributed by atoms with Crippen molar-refractivity contribution in [1.82, 2.24) is 9.97 Å². The van der Waals surface area contributed by atoms with Crippen molar-refractivity contribution in [3.8, 4) is 0 Å². The van der Waals surface area contributed by atoms with E-state index in [1.54, 1.807) is 11.3 Å². The van der Waals surface area contributed by atoms with Crippen molar-refractivity contribution < 1.29 is 0 Å². The topological polar surface area (TPSA) is 37.8 Å². The quantitative estimate of drug-likeness (QED) is 0.582. The van der Waals surface area contributed by atoms with Crippen LogP contribution < -0.4 is 5.32 Å². The number of para-hydroxylation sites is 1. The van der Waals surface area contributed by atoms with Crippen molar-refractivity contribution in [1.29, 1.82) is 0 Å². The monoisotopic (exact) mass is 277 g/mol. The molecule has 0 aliphatic rings. The minimum atomic E-state index is 0.905. The third-order valence-electron chi connectivity index (χ3n) is 3.18. The predicted octanol–water partition coefficient (Wildman–Crippen LogP) is 4.59. The lowest BCUT2D eigenvalue weighted by Crippen LogP contribution is -1.91. The van der Waals surface area contributed by atoms with Crippen LogP contribution in [0.4, 0.5) is 10.8 Å². The molecule has 0 aliphatic heterocycles. The van der Waals surface area contributed by atoms with Crippen LogP contribution in [-0.4, -0.2) is 9.97 Å². The number of anilines is 2. The van der Waals surface area contributed by atoms with Crippen molar-refractivity contribution in [2.75, 3.05) is 5.32 Å². The molecule has 1 N–H and O–H groups in total. The first kappa shape index (κ1) is 11.4. The molecule has 2 aromatic carbocycles. The number of thiazole rings is 1. The van der Waals surface area contributed by atoms with Crippen LogP contribution in [0.25, 0.3) is 21.1 Å². The van der Waals surface area contributed by atoms with Gasteiger partial charge in [-0.05, 0) is 36.4 Å². The van der Waals surface area contributed by atoms with E-state index < -0.39 is 0 Å². The molecule has 2 heterocycles. The van der Waals surface area contributed by atoms with E-state index in [4.69, 9.17) is 0 Å². The number of pyridine rings is 1. The van der Waals surface area contributed by atoms with Gasteiger partial charge in [0.25, 0.3) is 0 Å². The van der Waals surface area contributed by atoms with Gasteiger partial charge in [0.15, 0.2) is 5.13 Å². The van der Waals surface area contributed by atoms with Crippen LogP contribution in [0.5, 0.6) is 0 Å².